The first-order chi connectivity index (χ1) is 12.6. The van der Waals surface area contributed by atoms with Gasteiger partial charge in [0.2, 0.25) is 0 Å². The molecule has 2 aromatic carbocycles. The van der Waals surface area contributed by atoms with E-state index in [0.29, 0.717) is 10.6 Å². The molecule has 0 N–H and O–H groups in total. The van der Waals surface area contributed by atoms with Crippen molar-refractivity contribution < 1.29 is 14.4 Å². The first-order valence-corrected chi connectivity index (χ1v) is 9.33. The lowest BCUT2D eigenvalue weighted by Crippen LogP contribution is -2.18. The van der Waals surface area contributed by atoms with Crippen molar-refractivity contribution in [2.24, 2.45) is 9.55 Å². The monoisotopic (exact) mass is 390 g/mol. The molecule has 7 heteroatoms. The second-order valence-corrected chi connectivity index (χ2v) is 6.21. The molecule has 5 nitrogen and oxygen atoms in total. The predicted molar refractivity (Wildman–Crippen MR) is 107 cm³/mol. The van der Waals surface area contributed by atoms with E-state index in [1.165, 1.54) is 19.1 Å². The van der Waals surface area contributed by atoms with Crippen LogP contribution in [-0.4, -0.2) is 30.8 Å². The van der Waals surface area contributed by atoms with Gasteiger partial charge in [0.15, 0.2) is 5.71 Å². The summed E-state index contributed by atoms with van der Waals surface area (Å²) < 4.78 is 9.00. The maximum absolute atomic E-state index is 12.0. The van der Waals surface area contributed by atoms with Crippen molar-refractivity contribution in [3.8, 4) is 0 Å². The van der Waals surface area contributed by atoms with Crippen LogP contribution in [-0.2, 0) is 21.0 Å². The Morgan fingerprint density at radius 2 is 1.85 bits per heavy atom. The minimum absolute atomic E-state index is 0.200. The van der Waals surface area contributed by atoms with Crippen LogP contribution in [0, 0.1) is 0 Å². The molecular weight excluding hydrogens is 372 g/mol. The number of methoxy groups -OCH3 is 1. The fourth-order valence-corrected chi connectivity index (χ4v) is 2.69. The van der Waals surface area contributed by atoms with Crippen LogP contribution >= 0.6 is 23.5 Å². The molecular formula is C19H19ClN2O3S. The molecule has 0 heterocycles. The summed E-state index contributed by atoms with van der Waals surface area (Å²) in [6, 6.07) is 14.7. The van der Waals surface area contributed by atoms with Crippen molar-refractivity contribution in [3.05, 3.63) is 70.2 Å². The Hall–Kier alpha value is -2.31. The van der Waals surface area contributed by atoms with E-state index in [1.807, 2.05) is 37.3 Å². The molecule has 0 unspecified atom stereocenters. The Morgan fingerprint density at radius 3 is 2.50 bits per heavy atom. The molecule has 0 aromatic heterocycles. The van der Waals surface area contributed by atoms with Crippen LogP contribution in [0.5, 0.6) is 0 Å². The third-order valence-electron chi connectivity index (χ3n) is 3.52. The number of carbonyl (C=O) groups is 1. The Morgan fingerprint density at radius 1 is 1.15 bits per heavy atom. The Balaban J connectivity index is 2.17. The van der Waals surface area contributed by atoms with Gasteiger partial charge in [0, 0.05) is 22.4 Å². The summed E-state index contributed by atoms with van der Waals surface area (Å²) in [5, 5.41) is 4.81. The number of oxime groups is 1. The molecule has 0 spiro atoms. The number of rotatable bonds is 7. The Bertz CT molecular complexity index is 820. The summed E-state index contributed by atoms with van der Waals surface area (Å²) in [4.78, 5) is 17.5. The maximum atomic E-state index is 12.0. The quantitative estimate of drug-likeness (QED) is 0.302. The van der Waals surface area contributed by atoms with Crippen molar-refractivity contribution in [3.63, 3.8) is 0 Å². The van der Waals surface area contributed by atoms with Gasteiger partial charge in [-0.25, -0.2) is 9.19 Å². The Kier molecular flexibility index (Phi) is 7.69. The molecule has 26 heavy (non-hydrogen) atoms. The van der Waals surface area contributed by atoms with E-state index in [0.717, 1.165) is 16.8 Å². The van der Waals surface area contributed by atoms with Gasteiger partial charge in [-0.1, -0.05) is 53.2 Å². The van der Waals surface area contributed by atoms with Gasteiger partial charge >= 0.3 is 5.97 Å². The largest absolute Gasteiger partial charge is 0.464 e. The molecule has 0 radical (unpaired) electrons. The highest BCUT2D eigenvalue weighted by Gasteiger charge is 2.18. The first kappa shape index (κ1) is 20.0. The summed E-state index contributed by atoms with van der Waals surface area (Å²) >= 11 is 7.08. The topological polar surface area (TPSA) is 60.2 Å². The van der Waals surface area contributed by atoms with Crippen molar-refractivity contribution in [1.29, 1.82) is 0 Å². The van der Waals surface area contributed by atoms with E-state index in [2.05, 4.69) is 9.55 Å². The lowest BCUT2D eigenvalue weighted by atomic mass is 10.0. The normalized spacial score (nSPS) is 12.0. The summed E-state index contributed by atoms with van der Waals surface area (Å²) in [6.07, 6.45) is 1.78. The van der Waals surface area contributed by atoms with Gasteiger partial charge in [-0.2, -0.15) is 0 Å². The number of benzene rings is 2. The zero-order valence-electron chi connectivity index (χ0n) is 14.7. The molecule has 0 saturated carbocycles. The number of nitrogens with zero attached hydrogens (tertiary/aromatic N) is 2. The van der Waals surface area contributed by atoms with E-state index < -0.39 is 5.97 Å². The summed E-state index contributed by atoms with van der Waals surface area (Å²) in [5.41, 5.74) is 3.34. The fraction of sp³-hybridized carbons (Fsp3) is 0.211. The van der Waals surface area contributed by atoms with Crippen LogP contribution in [0.15, 0.2) is 58.1 Å². The third kappa shape index (κ3) is 5.34. The van der Waals surface area contributed by atoms with Crippen LogP contribution in [0.4, 0.5) is 0 Å². The number of halogens is 1. The lowest BCUT2D eigenvalue weighted by Gasteiger charge is -2.10. The average Bonchev–Trinajstić information content (AvgIpc) is 2.66. The first-order valence-electron chi connectivity index (χ1n) is 7.77. The highest BCUT2D eigenvalue weighted by atomic mass is 35.5. The van der Waals surface area contributed by atoms with Crippen LogP contribution in [0.25, 0.3) is 0 Å². The highest BCUT2D eigenvalue weighted by Crippen LogP contribution is 2.16. The van der Waals surface area contributed by atoms with E-state index in [-0.39, 0.29) is 12.3 Å². The number of ether oxygens (including phenoxy) is 1. The van der Waals surface area contributed by atoms with Gasteiger partial charge in [0.05, 0.1) is 12.8 Å². The molecule has 0 aliphatic carbocycles. The van der Waals surface area contributed by atoms with Gasteiger partial charge in [-0.05, 0) is 36.6 Å². The smallest absolute Gasteiger partial charge is 0.357 e. The standard InChI is InChI=1S/C19H19ClN2O3S/c1-13(14-8-10-16(20)11-9-14)21-25-12-15-6-4-5-7-17(15)18(22-26-3)19(23)24-2/h4-11H,12H2,1-3H3/b21-13+,22-18+. The molecule has 0 fully saturated rings. The molecule has 0 amide bonds. The van der Waals surface area contributed by atoms with Gasteiger partial charge in [-0.15, -0.1) is 0 Å². The molecule has 0 bridgehead atoms. The Labute approximate surface area is 162 Å². The molecule has 0 atom stereocenters. The third-order valence-corrected chi connectivity index (χ3v) is 4.13. The van der Waals surface area contributed by atoms with Crippen molar-refractivity contribution >= 4 is 40.9 Å². The summed E-state index contributed by atoms with van der Waals surface area (Å²) in [6.45, 7) is 2.05. The molecule has 0 aliphatic rings. The number of hydrogen-bond donors (Lipinski definition) is 0. The van der Waals surface area contributed by atoms with E-state index in [4.69, 9.17) is 21.2 Å². The lowest BCUT2D eigenvalue weighted by molar-refractivity contribution is -0.132. The second-order valence-electron chi connectivity index (χ2n) is 5.23. The van der Waals surface area contributed by atoms with E-state index in [1.54, 1.807) is 24.5 Å². The number of esters is 1. The van der Waals surface area contributed by atoms with Crippen LogP contribution in [0.3, 0.4) is 0 Å². The van der Waals surface area contributed by atoms with Gasteiger partial charge in [0.25, 0.3) is 0 Å². The average molecular weight is 391 g/mol. The van der Waals surface area contributed by atoms with Crippen molar-refractivity contribution in [2.75, 3.05) is 13.4 Å². The number of carbonyl (C=O) groups excluding carboxylic acids is 1. The maximum Gasteiger partial charge on any atom is 0.357 e. The van der Waals surface area contributed by atoms with Gasteiger partial charge in [-0.3, -0.25) is 0 Å². The summed E-state index contributed by atoms with van der Waals surface area (Å²) in [5.74, 6) is -0.493. The summed E-state index contributed by atoms with van der Waals surface area (Å²) in [7, 11) is 1.33. The highest BCUT2D eigenvalue weighted by molar-refractivity contribution is 7.97. The van der Waals surface area contributed by atoms with Crippen molar-refractivity contribution in [1.82, 2.24) is 0 Å². The van der Waals surface area contributed by atoms with Gasteiger partial charge < -0.3 is 9.57 Å². The zero-order chi connectivity index (χ0) is 18.9. The van der Waals surface area contributed by atoms with Crippen molar-refractivity contribution in [2.45, 2.75) is 13.5 Å². The molecule has 2 aromatic rings. The SMILES string of the molecule is COC(=O)/C(=N/SC)c1ccccc1CO/N=C(\C)c1ccc(Cl)cc1. The van der Waals surface area contributed by atoms with E-state index in [9.17, 15) is 4.79 Å². The molecule has 0 saturated heterocycles. The van der Waals surface area contributed by atoms with Gasteiger partial charge in [0.1, 0.15) is 6.61 Å². The zero-order valence-corrected chi connectivity index (χ0v) is 16.3. The van der Waals surface area contributed by atoms with Crippen LogP contribution in [0.1, 0.15) is 23.6 Å². The second kappa shape index (κ2) is 9.99. The van der Waals surface area contributed by atoms with E-state index >= 15 is 0 Å². The molecule has 2 rings (SSSR count). The van der Waals surface area contributed by atoms with Crippen LogP contribution in [0.2, 0.25) is 5.02 Å². The number of hydrogen-bond acceptors (Lipinski definition) is 6. The fourth-order valence-electron chi connectivity index (χ4n) is 2.20. The molecule has 0 aliphatic heterocycles. The van der Waals surface area contributed by atoms with Crippen LogP contribution < -0.4 is 0 Å². The minimum Gasteiger partial charge on any atom is -0.464 e. The molecule has 136 valence electrons. The predicted octanol–water partition coefficient (Wildman–Crippen LogP) is 4.52. The minimum atomic E-state index is -0.493.